The maximum absolute atomic E-state index is 12.3. The highest BCUT2D eigenvalue weighted by Gasteiger charge is 2.27. The van der Waals surface area contributed by atoms with Crippen LogP contribution in [0, 0.1) is 5.92 Å². The number of benzene rings is 1. The normalized spacial score (nSPS) is 21.7. The van der Waals surface area contributed by atoms with Crippen LogP contribution in [0.25, 0.3) is 0 Å². The van der Waals surface area contributed by atoms with Gasteiger partial charge in [-0.05, 0) is 43.9 Å². The van der Waals surface area contributed by atoms with Gasteiger partial charge in [0.05, 0.1) is 10.6 Å². The van der Waals surface area contributed by atoms with Crippen LogP contribution in [0.5, 0.6) is 0 Å². The van der Waals surface area contributed by atoms with E-state index in [1.807, 2.05) is 0 Å². The van der Waals surface area contributed by atoms with Gasteiger partial charge < -0.3 is 10.1 Å². The van der Waals surface area contributed by atoms with Gasteiger partial charge in [0.25, 0.3) is 5.91 Å². The second-order valence-corrected chi connectivity index (χ2v) is 8.55. The zero-order chi connectivity index (χ0) is 19.5. The van der Waals surface area contributed by atoms with Crippen molar-refractivity contribution in [2.45, 2.75) is 56.6 Å². The van der Waals surface area contributed by atoms with Crippen LogP contribution in [0.2, 0.25) is 5.02 Å². The SMILES string of the molecule is C[C@@H]1CCCC[C@@H]1NC(=O)[C@@H](C)OC(=O)c1ccc(Cl)c(S(N)(=O)=O)c1. The number of rotatable bonds is 5. The monoisotopic (exact) mass is 402 g/mol. The number of halogens is 1. The minimum atomic E-state index is -4.08. The van der Waals surface area contributed by atoms with Gasteiger partial charge in [0, 0.05) is 6.04 Å². The van der Waals surface area contributed by atoms with Gasteiger partial charge in [0.2, 0.25) is 10.0 Å². The van der Waals surface area contributed by atoms with Crippen molar-refractivity contribution < 1.29 is 22.7 Å². The number of nitrogens with two attached hydrogens (primary N) is 1. The second kappa shape index (κ2) is 8.37. The molecule has 0 aliphatic heterocycles. The van der Waals surface area contributed by atoms with E-state index in [-0.39, 0.29) is 27.4 Å². The van der Waals surface area contributed by atoms with Crippen LogP contribution in [0.3, 0.4) is 0 Å². The highest BCUT2D eigenvalue weighted by Crippen LogP contribution is 2.24. The molecule has 0 radical (unpaired) electrons. The van der Waals surface area contributed by atoms with E-state index in [1.54, 1.807) is 0 Å². The van der Waals surface area contributed by atoms with E-state index in [4.69, 9.17) is 21.5 Å². The Bertz CT molecular complexity index is 796. The average molecular weight is 403 g/mol. The predicted octanol–water partition coefficient (Wildman–Crippen LogP) is 2.23. The lowest BCUT2D eigenvalue weighted by molar-refractivity contribution is -0.130. The molecule has 0 bridgehead atoms. The summed E-state index contributed by atoms with van der Waals surface area (Å²) in [5.74, 6) is -0.826. The second-order valence-electron chi connectivity index (χ2n) is 6.61. The van der Waals surface area contributed by atoms with Crippen molar-refractivity contribution in [3.8, 4) is 0 Å². The fourth-order valence-corrected chi connectivity index (χ4v) is 4.03. The predicted molar refractivity (Wildman–Crippen MR) is 97.3 cm³/mol. The standard InChI is InChI=1S/C17H23ClN2O5S/c1-10-5-3-4-6-14(10)20-16(21)11(2)25-17(22)12-7-8-13(18)15(9-12)26(19,23)24/h7-11,14H,3-6H2,1-2H3,(H,20,21)(H2,19,23,24)/t10-,11-,14+/m1/s1. The van der Waals surface area contributed by atoms with Crippen molar-refractivity contribution in [2.24, 2.45) is 11.1 Å². The highest BCUT2D eigenvalue weighted by atomic mass is 35.5. The molecule has 3 N–H and O–H groups in total. The van der Waals surface area contributed by atoms with Crippen LogP contribution >= 0.6 is 11.6 Å². The molecule has 1 aromatic rings. The fraction of sp³-hybridized carbons (Fsp3) is 0.529. The quantitative estimate of drug-likeness (QED) is 0.732. The molecule has 3 atom stereocenters. The van der Waals surface area contributed by atoms with E-state index >= 15 is 0 Å². The lowest BCUT2D eigenvalue weighted by Gasteiger charge is -2.30. The molecule has 0 unspecified atom stereocenters. The number of ether oxygens (including phenoxy) is 1. The summed E-state index contributed by atoms with van der Waals surface area (Å²) in [7, 11) is -4.08. The molecule has 1 amide bonds. The number of carbonyl (C=O) groups is 2. The number of carbonyl (C=O) groups excluding carboxylic acids is 2. The molecule has 0 heterocycles. The van der Waals surface area contributed by atoms with E-state index in [0.717, 1.165) is 31.7 Å². The number of esters is 1. The molecule has 9 heteroatoms. The molecule has 1 aromatic carbocycles. The Kier molecular flexibility index (Phi) is 6.65. The van der Waals surface area contributed by atoms with Crippen LogP contribution < -0.4 is 10.5 Å². The number of amides is 1. The molecule has 0 saturated heterocycles. The van der Waals surface area contributed by atoms with Gasteiger partial charge in [0.15, 0.2) is 6.10 Å². The van der Waals surface area contributed by atoms with Crippen molar-refractivity contribution in [1.82, 2.24) is 5.32 Å². The van der Waals surface area contributed by atoms with Gasteiger partial charge in [-0.25, -0.2) is 18.4 Å². The van der Waals surface area contributed by atoms with Crippen molar-refractivity contribution in [3.63, 3.8) is 0 Å². The van der Waals surface area contributed by atoms with E-state index in [0.29, 0.717) is 5.92 Å². The lowest BCUT2D eigenvalue weighted by Crippen LogP contribution is -2.46. The van der Waals surface area contributed by atoms with Crippen molar-refractivity contribution in [3.05, 3.63) is 28.8 Å². The average Bonchev–Trinajstić information content (AvgIpc) is 2.56. The van der Waals surface area contributed by atoms with Crippen molar-refractivity contribution in [2.75, 3.05) is 0 Å². The topological polar surface area (TPSA) is 116 Å². The maximum Gasteiger partial charge on any atom is 0.338 e. The molecule has 1 aliphatic rings. The Morgan fingerprint density at radius 2 is 1.96 bits per heavy atom. The summed E-state index contributed by atoms with van der Waals surface area (Å²) in [4.78, 5) is 24.1. The number of nitrogens with one attached hydrogen (secondary N) is 1. The Balaban J connectivity index is 2.03. The van der Waals surface area contributed by atoms with E-state index in [2.05, 4.69) is 12.2 Å². The third-order valence-electron chi connectivity index (χ3n) is 4.57. The van der Waals surface area contributed by atoms with Gasteiger partial charge in [0.1, 0.15) is 4.90 Å². The number of hydrogen-bond donors (Lipinski definition) is 2. The maximum atomic E-state index is 12.3. The summed E-state index contributed by atoms with van der Waals surface area (Å²) in [6.45, 7) is 3.56. The summed E-state index contributed by atoms with van der Waals surface area (Å²) in [5.41, 5.74) is -0.0518. The van der Waals surface area contributed by atoms with Crippen LogP contribution in [-0.4, -0.2) is 32.4 Å². The minimum Gasteiger partial charge on any atom is -0.449 e. The first-order valence-corrected chi connectivity index (χ1v) is 10.4. The first-order chi connectivity index (χ1) is 12.1. The van der Waals surface area contributed by atoms with Crippen LogP contribution in [0.1, 0.15) is 49.9 Å². The zero-order valence-electron chi connectivity index (χ0n) is 14.7. The summed E-state index contributed by atoms with van der Waals surface area (Å²) < 4.78 is 28.1. The Morgan fingerprint density at radius 1 is 1.31 bits per heavy atom. The molecule has 2 rings (SSSR count). The molecule has 144 valence electrons. The third kappa shape index (κ3) is 5.18. The molecule has 26 heavy (non-hydrogen) atoms. The molecular weight excluding hydrogens is 380 g/mol. The van der Waals surface area contributed by atoms with E-state index in [9.17, 15) is 18.0 Å². The largest absolute Gasteiger partial charge is 0.449 e. The Hall–Kier alpha value is -1.64. The number of sulfonamides is 1. The summed E-state index contributed by atoms with van der Waals surface area (Å²) in [6.07, 6.45) is 3.17. The Labute approximate surface area is 158 Å². The molecule has 1 fully saturated rings. The number of hydrogen-bond acceptors (Lipinski definition) is 5. The fourth-order valence-electron chi connectivity index (χ4n) is 2.96. The molecule has 1 saturated carbocycles. The summed E-state index contributed by atoms with van der Waals surface area (Å²) in [6, 6.07) is 3.66. The van der Waals surface area contributed by atoms with Gasteiger partial charge in [-0.15, -0.1) is 0 Å². The smallest absolute Gasteiger partial charge is 0.338 e. The van der Waals surface area contributed by atoms with E-state index < -0.39 is 22.1 Å². The first-order valence-electron chi connectivity index (χ1n) is 8.43. The first kappa shape index (κ1) is 20.7. The number of primary sulfonamides is 1. The van der Waals surface area contributed by atoms with Crippen LogP contribution in [0.4, 0.5) is 0 Å². The zero-order valence-corrected chi connectivity index (χ0v) is 16.3. The highest BCUT2D eigenvalue weighted by molar-refractivity contribution is 7.89. The van der Waals surface area contributed by atoms with Gasteiger partial charge in [-0.2, -0.15) is 0 Å². The summed E-state index contributed by atoms with van der Waals surface area (Å²) in [5, 5.41) is 7.89. The van der Waals surface area contributed by atoms with E-state index in [1.165, 1.54) is 19.1 Å². The molecule has 0 aromatic heterocycles. The van der Waals surface area contributed by atoms with Crippen LogP contribution in [-0.2, 0) is 19.6 Å². The lowest BCUT2D eigenvalue weighted by atomic mass is 9.86. The van der Waals surface area contributed by atoms with Crippen LogP contribution in [0.15, 0.2) is 23.1 Å². The van der Waals surface area contributed by atoms with Gasteiger partial charge in [-0.1, -0.05) is 31.4 Å². The summed E-state index contributed by atoms with van der Waals surface area (Å²) >= 11 is 5.79. The van der Waals surface area contributed by atoms with Gasteiger partial charge >= 0.3 is 5.97 Å². The minimum absolute atomic E-state index is 0.0518. The van der Waals surface area contributed by atoms with Gasteiger partial charge in [-0.3, -0.25) is 4.79 Å². The molecule has 7 nitrogen and oxygen atoms in total. The van der Waals surface area contributed by atoms with Crippen molar-refractivity contribution in [1.29, 1.82) is 0 Å². The molecular formula is C17H23ClN2O5S. The third-order valence-corrected chi connectivity index (χ3v) is 5.96. The Morgan fingerprint density at radius 3 is 2.58 bits per heavy atom. The van der Waals surface area contributed by atoms with Crippen molar-refractivity contribution >= 4 is 33.5 Å². The molecule has 1 aliphatic carbocycles. The molecule has 0 spiro atoms.